The summed E-state index contributed by atoms with van der Waals surface area (Å²) in [4.78, 5) is 0. The molecule has 0 fully saturated rings. The molecule has 0 aliphatic heterocycles. The Bertz CT molecular complexity index is 496. The third kappa shape index (κ3) is 4.72. The Balaban J connectivity index is 1.79. The molecule has 2 rings (SSSR count). The van der Waals surface area contributed by atoms with E-state index in [-0.39, 0.29) is 0 Å². The molecule has 2 heterocycles. The number of thioether (sulfide) groups is 1. The number of allylic oxidation sites excluding steroid dienone is 1. The number of nitrogens with zero attached hydrogens (tertiary/aromatic N) is 2. The van der Waals surface area contributed by atoms with Crippen molar-refractivity contribution in [2.24, 2.45) is 0 Å². The van der Waals surface area contributed by atoms with E-state index in [1.807, 2.05) is 18.2 Å². The van der Waals surface area contributed by atoms with E-state index >= 15 is 0 Å². The highest BCUT2D eigenvalue weighted by molar-refractivity contribution is 8.01. The van der Waals surface area contributed by atoms with Crippen LogP contribution >= 0.6 is 23.1 Å². The first kappa shape index (κ1) is 14.1. The molecule has 0 amide bonds. The van der Waals surface area contributed by atoms with E-state index in [0.29, 0.717) is 11.8 Å². The first-order chi connectivity index (χ1) is 9.28. The smallest absolute Gasteiger partial charge is 0.206 e. The van der Waals surface area contributed by atoms with Gasteiger partial charge in [0, 0.05) is 5.25 Å². The minimum absolute atomic E-state index is 0.531. The Morgan fingerprint density at radius 3 is 3.21 bits per heavy atom. The molecule has 1 atom stereocenters. The van der Waals surface area contributed by atoms with Crippen LogP contribution in [0.15, 0.2) is 39.8 Å². The fourth-order valence-corrected chi connectivity index (χ4v) is 3.57. The van der Waals surface area contributed by atoms with Gasteiger partial charge in [0.15, 0.2) is 4.34 Å². The van der Waals surface area contributed by atoms with Crippen molar-refractivity contribution in [2.75, 3.05) is 5.32 Å². The van der Waals surface area contributed by atoms with Crippen LogP contribution in [0.5, 0.6) is 0 Å². The molecule has 102 valence electrons. The molecule has 0 radical (unpaired) electrons. The van der Waals surface area contributed by atoms with Crippen molar-refractivity contribution < 1.29 is 4.42 Å². The molecule has 0 unspecified atom stereocenters. The van der Waals surface area contributed by atoms with Crippen LogP contribution in [0, 0.1) is 0 Å². The van der Waals surface area contributed by atoms with Gasteiger partial charge in [-0.25, -0.2) is 0 Å². The quantitative estimate of drug-likeness (QED) is 0.584. The number of rotatable bonds is 8. The van der Waals surface area contributed by atoms with Crippen LogP contribution in [0.1, 0.15) is 25.5 Å². The molecule has 0 aromatic carbocycles. The molecule has 2 aromatic rings. The first-order valence-electron chi connectivity index (χ1n) is 6.15. The topological polar surface area (TPSA) is 51.0 Å². The summed E-state index contributed by atoms with van der Waals surface area (Å²) in [5.41, 5.74) is 0. The summed E-state index contributed by atoms with van der Waals surface area (Å²) in [6.45, 7) is 6.58. The largest absolute Gasteiger partial charge is 0.467 e. The minimum atomic E-state index is 0.531. The summed E-state index contributed by atoms with van der Waals surface area (Å²) < 4.78 is 6.25. The normalized spacial score (nSPS) is 12.3. The van der Waals surface area contributed by atoms with Gasteiger partial charge in [0.25, 0.3) is 0 Å². The van der Waals surface area contributed by atoms with E-state index < -0.39 is 0 Å². The maximum absolute atomic E-state index is 5.25. The Labute approximate surface area is 121 Å². The zero-order valence-electron chi connectivity index (χ0n) is 10.8. The van der Waals surface area contributed by atoms with Crippen molar-refractivity contribution in [3.8, 4) is 0 Å². The molecule has 0 aliphatic rings. The van der Waals surface area contributed by atoms with Crippen molar-refractivity contribution in [1.82, 2.24) is 10.2 Å². The monoisotopic (exact) mass is 295 g/mol. The second kappa shape index (κ2) is 7.35. The van der Waals surface area contributed by atoms with Gasteiger partial charge in [-0.1, -0.05) is 36.1 Å². The van der Waals surface area contributed by atoms with E-state index in [1.54, 1.807) is 29.4 Å². The average Bonchev–Trinajstić information content (AvgIpc) is 3.05. The van der Waals surface area contributed by atoms with E-state index in [2.05, 4.69) is 29.0 Å². The molecular formula is C13H17N3OS2. The van der Waals surface area contributed by atoms with Crippen molar-refractivity contribution in [2.45, 2.75) is 35.9 Å². The van der Waals surface area contributed by atoms with E-state index in [9.17, 15) is 0 Å². The molecule has 4 nitrogen and oxygen atoms in total. The number of aromatic nitrogens is 2. The SMILES string of the molecule is C=CCC[C@@H](C)Sc1nnc(NCc2ccco2)s1. The summed E-state index contributed by atoms with van der Waals surface area (Å²) >= 11 is 3.34. The fraction of sp³-hybridized carbons (Fsp3) is 0.385. The summed E-state index contributed by atoms with van der Waals surface area (Å²) in [7, 11) is 0. The van der Waals surface area contributed by atoms with E-state index in [4.69, 9.17) is 4.42 Å². The molecule has 2 aromatic heterocycles. The maximum Gasteiger partial charge on any atom is 0.206 e. The van der Waals surface area contributed by atoms with Gasteiger partial charge < -0.3 is 9.73 Å². The van der Waals surface area contributed by atoms with Crippen LogP contribution in [-0.4, -0.2) is 15.4 Å². The Hall–Kier alpha value is -1.27. The summed E-state index contributed by atoms with van der Waals surface area (Å²) in [5, 5.41) is 12.9. The lowest BCUT2D eigenvalue weighted by Crippen LogP contribution is -1.96. The van der Waals surface area contributed by atoms with Crippen molar-refractivity contribution in [1.29, 1.82) is 0 Å². The molecule has 0 spiro atoms. The maximum atomic E-state index is 5.25. The van der Waals surface area contributed by atoms with Crippen molar-refractivity contribution in [3.63, 3.8) is 0 Å². The number of anilines is 1. The third-order valence-electron chi connectivity index (χ3n) is 2.48. The lowest BCUT2D eigenvalue weighted by molar-refractivity contribution is 0.518. The van der Waals surface area contributed by atoms with Gasteiger partial charge in [-0.3, -0.25) is 0 Å². The van der Waals surface area contributed by atoms with Gasteiger partial charge in [-0.2, -0.15) is 0 Å². The lowest BCUT2D eigenvalue weighted by atomic mass is 10.2. The second-order valence-corrected chi connectivity index (χ2v) is 6.76. The zero-order valence-corrected chi connectivity index (χ0v) is 12.5. The van der Waals surface area contributed by atoms with Crippen molar-refractivity contribution in [3.05, 3.63) is 36.8 Å². The minimum Gasteiger partial charge on any atom is -0.467 e. The Kier molecular flexibility index (Phi) is 5.47. The highest BCUT2D eigenvalue weighted by Gasteiger charge is 2.09. The summed E-state index contributed by atoms with van der Waals surface area (Å²) in [5.74, 6) is 0.892. The molecule has 0 saturated carbocycles. The molecule has 6 heteroatoms. The number of furan rings is 1. The fourth-order valence-electron chi connectivity index (χ4n) is 1.49. The third-order valence-corrected chi connectivity index (χ3v) is 4.62. The molecule has 0 aliphatic carbocycles. The average molecular weight is 295 g/mol. The molecular weight excluding hydrogens is 278 g/mol. The van der Waals surface area contributed by atoms with Crippen LogP contribution < -0.4 is 5.32 Å². The van der Waals surface area contributed by atoms with E-state index in [1.165, 1.54) is 0 Å². The van der Waals surface area contributed by atoms with Gasteiger partial charge in [0.05, 0.1) is 12.8 Å². The molecule has 19 heavy (non-hydrogen) atoms. The van der Waals surface area contributed by atoms with Crippen LogP contribution in [-0.2, 0) is 6.54 Å². The van der Waals surface area contributed by atoms with Gasteiger partial charge in [-0.15, -0.1) is 16.8 Å². The predicted molar refractivity (Wildman–Crippen MR) is 80.7 cm³/mol. The predicted octanol–water partition coefficient (Wildman–Crippen LogP) is 4.19. The summed E-state index contributed by atoms with van der Waals surface area (Å²) in [6, 6.07) is 3.81. The highest BCUT2D eigenvalue weighted by Crippen LogP contribution is 2.30. The summed E-state index contributed by atoms with van der Waals surface area (Å²) in [6.07, 6.45) is 5.77. The number of hydrogen-bond acceptors (Lipinski definition) is 6. The zero-order chi connectivity index (χ0) is 13.5. The Morgan fingerprint density at radius 1 is 1.58 bits per heavy atom. The van der Waals surface area contributed by atoms with E-state index in [0.717, 1.165) is 28.1 Å². The van der Waals surface area contributed by atoms with Crippen molar-refractivity contribution >= 4 is 28.2 Å². The van der Waals surface area contributed by atoms with Gasteiger partial charge >= 0.3 is 0 Å². The molecule has 0 saturated heterocycles. The van der Waals surface area contributed by atoms with Crippen LogP contribution in [0.3, 0.4) is 0 Å². The lowest BCUT2D eigenvalue weighted by Gasteiger charge is -2.05. The first-order valence-corrected chi connectivity index (χ1v) is 7.85. The number of hydrogen-bond donors (Lipinski definition) is 1. The second-order valence-electron chi connectivity index (χ2n) is 4.10. The van der Waals surface area contributed by atoms with Gasteiger partial charge in [0.2, 0.25) is 5.13 Å². The van der Waals surface area contributed by atoms with Gasteiger partial charge in [-0.05, 0) is 25.0 Å². The highest BCUT2D eigenvalue weighted by atomic mass is 32.2. The standard InChI is InChI=1S/C13H17N3OS2/c1-3-4-6-10(2)18-13-16-15-12(19-13)14-9-11-7-5-8-17-11/h3,5,7-8,10H,1,4,6,9H2,2H3,(H,14,15)/t10-/m1/s1. The van der Waals surface area contributed by atoms with Crippen LogP contribution in [0.2, 0.25) is 0 Å². The Morgan fingerprint density at radius 2 is 2.47 bits per heavy atom. The number of nitrogens with one attached hydrogen (secondary N) is 1. The van der Waals surface area contributed by atoms with Gasteiger partial charge in [0.1, 0.15) is 5.76 Å². The van der Waals surface area contributed by atoms with Crippen LogP contribution in [0.25, 0.3) is 0 Å². The molecule has 1 N–H and O–H groups in total. The molecule has 0 bridgehead atoms. The van der Waals surface area contributed by atoms with Crippen LogP contribution in [0.4, 0.5) is 5.13 Å².